The molecule has 2 N–H and O–H groups in total. The maximum atomic E-state index is 13.3. The van der Waals surface area contributed by atoms with Crippen molar-refractivity contribution in [2.24, 2.45) is 5.92 Å². The Labute approximate surface area is 130 Å². The van der Waals surface area contributed by atoms with Crippen LogP contribution in [0.1, 0.15) is 26.3 Å². The van der Waals surface area contributed by atoms with E-state index in [1.165, 1.54) is 17.0 Å². The van der Waals surface area contributed by atoms with E-state index in [1.807, 2.05) is 19.9 Å². The van der Waals surface area contributed by atoms with Crippen molar-refractivity contribution >= 4 is 12.0 Å². The van der Waals surface area contributed by atoms with Crippen LogP contribution in [-0.2, 0) is 10.2 Å². The van der Waals surface area contributed by atoms with Crippen molar-refractivity contribution in [3.05, 3.63) is 35.6 Å². The zero-order valence-corrected chi connectivity index (χ0v) is 13.4. The first-order chi connectivity index (χ1) is 10.1. The van der Waals surface area contributed by atoms with Crippen LogP contribution in [-0.4, -0.2) is 42.1 Å². The third-order valence-corrected chi connectivity index (χ3v) is 3.60. The Morgan fingerprint density at radius 3 is 2.59 bits per heavy atom. The fraction of sp³-hybridized carbons (Fsp3) is 0.500. The summed E-state index contributed by atoms with van der Waals surface area (Å²) in [6.45, 7) is 5.80. The summed E-state index contributed by atoms with van der Waals surface area (Å²) in [4.78, 5) is 24.1. The van der Waals surface area contributed by atoms with Crippen molar-refractivity contribution in [2.45, 2.75) is 26.2 Å². The number of carbonyl (C=O) groups is 2. The van der Waals surface area contributed by atoms with E-state index >= 15 is 0 Å². The minimum atomic E-state index is -0.945. The molecule has 0 spiro atoms. The lowest BCUT2D eigenvalue weighted by Crippen LogP contribution is -2.45. The lowest BCUT2D eigenvalue weighted by molar-refractivity contribution is -0.141. The zero-order valence-electron chi connectivity index (χ0n) is 13.4. The second-order valence-electron chi connectivity index (χ2n) is 6.17. The van der Waals surface area contributed by atoms with E-state index in [9.17, 15) is 14.0 Å². The molecule has 1 aromatic rings. The van der Waals surface area contributed by atoms with Gasteiger partial charge in [0.25, 0.3) is 0 Å². The highest BCUT2D eigenvalue weighted by atomic mass is 19.1. The summed E-state index contributed by atoms with van der Waals surface area (Å²) in [6, 6.07) is 5.92. The molecule has 0 aliphatic rings. The lowest BCUT2D eigenvalue weighted by atomic mass is 9.84. The molecule has 0 bridgehead atoms. The van der Waals surface area contributed by atoms with Crippen LogP contribution in [0.4, 0.5) is 9.18 Å². The average Bonchev–Trinajstić information content (AvgIpc) is 2.44. The van der Waals surface area contributed by atoms with Gasteiger partial charge >= 0.3 is 12.0 Å². The molecule has 122 valence electrons. The number of halogens is 1. The smallest absolute Gasteiger partial charge is 0.317 e. The van der Waals surface area contributed by atoms with Crippen LogP contribution in [0.2, 0.25) is 0 Å². The molecule has 0 saturated carbocycles. The highest BCUT2D eigenvalue weighted by Gasteiger charge is 2.23. The molecular formula is C16H23FN2O3. The number of urea groups is 1. The second kappa shape index (κ2) is 7.24. The van der Waals surface area contributed by atoms with Crippen molar-refractivity contribution in [3.63, 3.8) is 0 Å². The molecule has 0 radical (unpaired) electrons. The summed E-state index contributed by atoms with van der Waals surface area (Å²) in [5, 5.41) is 11.6. The number of amides is 2. The van der Waals surface area contributed by atoms with Crippen LogP contribution >= 0.6 is 0 Å². The maximum absolute atomic E-state index is 13.3. The fourth-order valence-corrected chi connectivity index (χ4v) is 2.01. The number of carboxylic acid groups (broad SMARTS) is 1. The van der Waals surface area contributed by atoms with Crippen LogP contribution in [0.25, 0.3) is 0 Å². The molecule has 0 aromatic heterocycles. The van der Waals surface area contributed by atoms with E-state index in [4.69, 9.17) is 5.11 Å². The fourth-order valence-electron chi connectivity index (χ4n) is 2.01. The third kappa shape index (κ3) is 5.02. The molecule has 1 rings (SSSR count). The predicted octanol–water partition coefficient (Wildman–Crippen LogP) is 2.47. The van der Waals surface area contributed by atoms with E-state index in [2.05, 4.69) is 5.32 Å². The van der Waals surface area contributed by atoms with Gasteiger partial charge in [0.2, 0.25) is 0 Å². The largest absolute Gasteiger partial charge is 0.481 e. The molecule has 2 amide bonds. The van der Waals surface area contributed by atoms with Gasteiger partial charge in [0.05, 0.1) is 5.92 Å². The Morgan fingerprint density at radius 1 is 1.41 bits per heavy atom. The van der Waals surface area contributed by atoms with Gasteiger partial charge in [0, 0.05) is 25.6 Å². The predicted molar refractivity (Wildman–Crippen MR) is 82.3 cm³/mol. The van der Waals surface area contributed by atoms with Crippen LogP contribution < -0.4 is 5.32 Å². The van der Waals surface area contributed by atoms with Gasteiger partial charge in [0.1, 0.15) is 5.82 Å². The minimum Gasteiger partial charge on any atom is -0.481 e. The molecule has 0 fully saturated rings. The number of hydrogen-bond acceptors (Lipinski definition) is 2. The zero-order chi connectivity index (χ0) is 16.9. The molecular weight excluding hydrogens is 287 g/mol. The van der Waals surface area contributed by atoms with Crippen molar-refractivity contribution in [3.8, 4) is 0 Å². The van der Waals surface area contributed by atoms with Gasteiger partial charge in [-0.1, -0.05) is 32.9 Å². The van der Waals surface area contributed by atoms with Gasteiger partial charge in [-0.3, -0.25) is 4.79 Å². The number of hydrogen-bond donors (Lipinski definition) is 2. The quantitative estimate of drug-likeness (QED) is 0.848. The normalized spacial score (nSPS) is 12.6. The summed E-state index contributed by atoms with van der Waals surface area (Å²) in [6.07, 6.45) is 0. The van der Waals surface area contributed by atoms with Crippen molar-refractivity contribution in [1.82, 2.24) is 10.2 Å². The van der Waals surface area contributed by atoms with E-state index in [1.54, 1.807) is 20.0 Å². The molecule has 0 saturated heterocycles. The maximum Gasteiger partial charge on any atom is 0.317 e. The van der Waals surface area contributed by atoms with E-state index < -0.39 is 17.3 Å². The Balaban J connectivity index is 2.60. The molecule has 1 unspecified atom stereocenters. The summed E-state index contributed by atoms with van der Waals surface area (Å²) >= 11 is 0. The first-order valence-electron chi connectivity index (χ1n) is 7.11. The van der Waals surface area contributed by atoms with Gasteiger partial charge < -0.3 is 15.3 Å². The number of nitrogens with zero attached hydrogens (tertiary/aromatic N) is 1. The Bertz CT molecular complexity index is 546. The lowest BCUT2D eigenvalue weighted by Gasteiger charge is -2.28. The number of nitrogens with one attached hydrogen (secondary N) is 1. The number of carbonyl (C=O) groups excluding carboxylic acids is 1. The SMILES string of the molecule is CC(CN(C)C(=O)NCC(C)(C)c1cccc(F)c1)C(=O)O. The Kier molecular flexibility index (Phi) is 5.91. The molecule has 0 heterocycles. The first kappa shape index (κ1) is 17.9. The molecule has 5 nitrogen and oxygen atoms in total. The average molecular weight is 310 g/mol. The molecule has 0 aliphatic heterocycles. The number of carboxylic acids is 1. The summed E-state index contributed by atoms with van der Waals surface area (Å²) in [5.41, 5.74) is 0.353. The van der Waals surface area contributed by atoms with E-state index in [0.717, 1.165) is 5.56 Å². The molecule has 1 atom stereocenters. The summed E-state index contributed by atoms with van der Waals surface area (Å²) < 4.78 is 13.3. The molecule has 1 aromatic carbocycles. The van der Waals surface area contributed by atoms with Crippen molar-refractivity contribution < 1.29 is 19.1 Å². The molecule has 0 aliphatic carbocycles. The Hall–Kier alpha value is -2.11. The minimum absolute atomic E-state index is 0.127. The van der Waals surface area contributed by atoms with E-state index in [-0.39, 0.29) is 18.4 Å². The highest BCUT2D eigenvalue weighted by molar-refractivity contribution is 5.75. The van der Waals surface area contributed by atoms with Crippen molar-refractivity contribution in [2.75, 3.05) is 20.1 Å². The summed E-state index contributed by atoms with van der Waals surface area (Å²) in [7, 11) is 1.55. The van der Waals surface area contributed by atoms with Crippen LogP contribution in [0.3, 0.4) is 0 Å². The van der Waals surface area contributed by atoms with Gasteiger partial charge in [-0.25, -0.2) is 9.18 Å². The topological polar surface area (TPSA) is 69.6 Å². The number of rotatable bonds is 6. The van der Waals surface area contributed by atoms with Crippen molar-refractivity contribution in [1.29, 1.82) is 0 Å². The number of benzene rings is 1. The molecule has 6 heteroatoms. The van der Waals surface area contributed by atoms with Crippen LogP contribution in [0.5, 0.6) is 0 Å². The standard InChI is InChI=1S/C16H23FN2O3/c1-11(14(20)21)9-19(4)15(22)18-10-16(2,3)12-6-5-7-13(17)8-12/h5-8,11H,9-10H2,1-4H3,(H,18,22)(H,20,21). The van der Waals surface area contributed by atoms with Gasteiger partial charge in [-0.15, -0.1) is 0 Å². The Morgan fingerprint density at radius 2 is 2.05 bits per heavy atom. The van der Waals surface area contributed by atoms with Gasteiger partial charge in [0.15, 0.2) is 0 Å². The van der Waals surface area contributed by atoms with E-state index in [0.29, 0.717) is 6.54 Å². The first-order valence-corrected chi connectivity index (χ1v) is 7.11. The van der Waals surface area contributed by atoms with Crippen LogP contribution in [0, 0.1) is 11.7 Å². The monoisotopic (exact) mass is 310 g/mol. The second-order valence-corrected chi connectivity index (χ2v) is 6.17. The van der Waals surface area contributed by atoms with Crippen LogP contribution in [0.15, 0.2) is 24.3 Å². The summed E-state index contributed by atoms with van der Waals surface area (Å²) in [5.74, 6) is -1.89. The number of aliphatic carboxylic acids is 1. The molecule has 22 heavy (non-hydrogen) atoms. The van der Waals surface area contributed by atoms with Gasteiger partial charge in [-0.05, 0) is 17.7 Å². The van der Waals surface area contributed by atoms with Gasteiger partial charge in [-0.2, -0.15) is 0 Å². The highest BCUT2D eigenvalue weighted by Crippen LogP contribution is 2.22. The third-order valence-electron chi connectivity index (χ3n) is 3.60.